The Labute approximate surface area is 93.3 Å². The third-order valence-electron chi connectivity index (χ3n) is 2.20. The van der Waals surface area contributed by atoms with E-state index in [1.165, 1.54) is 11.7 Å². The van der Waals surface area contributed by atoms with E-state index in [0.717, 1.165) is 12.8 Å². The molecular weight excluding hydrogens is 203 g/mol. The number of carbonyl (C=O) groups is 1. The molecule has 0 amide bonds. The number of rotatable bonds is 6. The van der Waals surface area contributed by atoms with Crippen molar-refractivity contribution in [3.8, 4) is 0 Å². The van der Waals surface area contributed by atoms with E-state index in [1.807, 2.05) is 24.0 Å². The Bertz CT molecular complexity index is 317. The van der Waals surface area contributed by atoms with Crippen LogP contribution in [0.4, 0.5) is 0 Å². The summed E-state index contributed by atoms with van der Waals surface area (Å²) in [5.74, 6) is 2.14. The Morgan fingerprint density at radius 3 is 2.67 bits per heavy atom. The lowest BCUT2D eigenvalue weighted by Gasteiger charge is -1.91. The van der Waals surface area contributed by atoms with Gasteiger partial charge in [-0.15, -0.1) is 0 Å². The summed E-state index contributed by atoms with van der Waals surface area (Å²) < 4.78 is 0. The van der Waals surface area contributed by atoms with Gasteiger partial charge in [0, 0.05) is 6.42 Å². The van der Waals surface area contributed by atoms with E-state index in [2.05, 4.69) is 19.1 Å². The molecule has 1 rings (SSSR count). The molecule has 1 unspecified atom stereocenters. The summed E-state index contributed by atoms with van der Waals surface area (Å²) >= 11 is 0. The lowest BCUT2D eigenvalue weighted by atomic mass is 10.2. The third-order valence-corrected chi connectivity index (χ3v) is 3.33. The smallest absolute Gasteiger partial charge is 0.197 e. The minimum absolute atomic E-state index is 0.297. The molecule has 0 aliphatic carbocycles. The molecule has 0 heterocycles. The van der Waals surface area contributed by atoms with Crippen molar-refractivity contribution < 1.29 is 4.79 Å². The molecule has 80 valence electrons. The monoisotopic (exact) mass is 221 g/mol. The van der Waals surface area contributed by atoms with Crippen LogP contribution in [0.2, 0.25) is 0 Å². The number of Topliss-reactive ketones (excluding diaryl/α,β-unsaturated/α-hetero) is 1. The molecule has 0 N–H and O–H groups in total. The van der Waals surface area contributed by atoms with Crippen LogP contribution in [0.15, 0.2) is 30.3 Å². The number of ketones is 1. The summed E-state index contributed by atoms with van der Waals surface area (Å²) in [4.78, 5) is 11.4. The molecule has 1 nitrogen and oxygen atoms in total. The number of hydrogen-bond acceptors (Lipinski definition) is 1. The normalized spacial score (nSPS) is 10.7. The first kappa shape index (κ1) is 12.1. The van der Waals surface area contributed by atoms with Crippen LogP contribution < -0.4 is 5.30 Å². The topological polar surface area (TPSA) is 17.1 Å². The minimum Gasteiger partial charge on any atom is -0.291 e. The quantitative estimate of drug-likeness (QED) is 0.533. The summed E-state index contributed by atoms with van der Waals surface area (Å²) in [6.45, 7) is 2.15. The number of benzene rings is 1. The van der Waals surface area contributed by atoms with Gasteiger partial charge < -0.3 is 0 Å². The Morgan fingerprint density at radius 2 is 2.00 bits per heavy atom. The van der Waals surface area contributed by atoms with Crippen molar-refractivity contribution in [2.45, 2.75) is 32.6 Å². The summed E-state index contributed by atoms with van der Waals surface area (Å²) in [5, 5.41) is 1.24. The predicted molar refractivity (Wildman–Crippen MR) is 69.6 cm³/mol. The van der Waals surface area contributed by atoms with Crippen LogP contribution in [0.1, 0.15) is 32.6 Å². The molecule has 0 spiro atoms. The molecule has 1 aromatic carbocycles. The number of hydrogen-bond donors (Lipinski definition) is 0. The number of carbonyl (C=O) groups excluding carboxylic acids is 1. The molecule has 0 radical (unpaired) electrons. The average Bonchev–Trinajstić information content (AvgIpc) is 2.28. The fraction of sp³-hybridized carbons (Fsp3) is 0.385. The molecule has 2 heteroatoms. The fourth-order valence-electron chi connectivity index (χ4n) is 1.32. The van der Waals surface area contributed by atoms with Crippen LogP contribution in [0, 0.1) is 0 Å². The number of unbranched alkanes of at least 4 members (excludes halogenated alkanes) is 2. The molecular formula is C13H18OP+. The van der Waals surface area contributed by atoms with E-state index >= 15 is 0 Å². The molecule has 1 atom stereocenters. The second-order valence-electron chi connectivity index (χ2n) is 3.58. The lowest BCUT2D eigenvalue weighted by Crippen LogP contribution is -1.99. The maximum absolute atomic E-state index is 11.4. The average molecular weight is 221 g/mol. The molecule has 15 heavy (non-hydrogen) atoms. The van der Waals surface area contributed by atoms with Gasteiger partial charge in [0.2, 0.25) is 0 Å². The highest BCUT2D eigenvalue weighted by Gasteiger charge is 2.01. The highest BCUT2D eigenvalue weighted by atomic mass is 31.1. The highest BCUT2D eigenvalue weighted by Crippen LogP contribution is 2.01. The predicted octanol–water partition coefficient (Wildman–Crippen LogP) is 2.94. The SMILES string of the molecule is CCCCCC(=O)C=[PH+]c1ccccc1. The van der Waals surface area contributed by atoms with Gasteiger partial charge in [0.1, 0.15) is 13.5 Å². The fourth-order valence-corrected chi connectivity index (χ4v) is 2.18. The van der Waals surface area contributed by atoms with Crippen molar-refractivity contribution in [3.63, 3.8) is 0 Å². The van der Waals surface area contributed by atoms with Gasteiger partial charge in [0.15, 0.2) is 11.6 Å². The van der Waals surface area contributed by atoms with Crippen LogP contribution in [-0.4, -0.2) is 11.6 Å². The van der Waals surface area contributed by atoms with Crippen molar-refractivity contribution in [2.24, 2.45) is 0 Å². The van der Waals surface area contributed by atoms with Gasteiger partial charge in [0.05, 0.1) is 0 Å². The zero-order valence-corrected chi connectivity index (χ0v) is 10.2. The first-order chi connectivity index (χ1) is 7.33. The van der Waals surface area contributed by atoms with Crippen molar-refractivity contribution in [1.29, 1.82) is 0 Å². The molecule has 0 bridgehead atoms. The Kier molecular flexibility index (Phi) is 5.96. The molecule has 0 saturated heterocycles. The van der Waals surface area contributed by atoms with Crippen LogP contribution in [-0.2, 0) is 4.79 Å². The summed E-state index contributed by atoms with van der Waals surface area (Å²) in [7, 11) is 0.522. The Morgan fingerprint density at radius 1 is 1.27 bits per heavy atom. The van der Waals surface area contributed by atoms with E-state index in [9.17, 15) is 4.79 Å². The maximum atomic E-state index is 11.4. The van der Waals surface area contributed by atoms with E-state index in [1.54, 1.807) is 0 Å². The largest absolute Gasteiger partial charge is 0.291 e. The van der Waals surface area contributed by atoms with Gasteiger partial charge in [-0.2, -0.15) is 0 Å². The van der Waals surface area contributed by atoms with Crippen molar-refractivity contribution >= 4 is 25.1 Å². The van der Waals surface area contributed by atoms with Crippen LogP contribution in [0.25, 0.3) is 0 Å². The minimum atomic E-state index is 0.297. The van der Waals surface area contributed by atoms with Gasteiger partial charge in [0.25, 0.3) is 0 Å². The van der Waals surface area contributed by atoms with Crippen molar-refractivity contribution in [2.75, 3.05) is 0 Å². The van der Waals surface area contributed by atoms with E-state index in [4.69, 9.17) is 0 Å². The highest BCUT2D eigenvalue weighted by molar-refractivity contribution is 7.49. The summed E-state index contributed by atoms with van der Waals surface area (Å²) in [5.41, 5.74) is 0. The first-order valence-corrected chi connectivity index (χ1v) is 6.58. The van der Waals surface area contributed by atoms with Gasteiger partial charge in [-0.1, -0.05) is 38.0 Å². The molecule has 0 aliphatic heterocycles. The van der Waals surface area contributed by atoms with Crippen LogP contribution in [0.5, 0.6) is 0 Å². The van der Waals surface area contributed by atoms with Gasteiger partial charge in [-0.3, -0.25) is 4.79 Å². The zero-order valence-electron chi connectivity index (χ0n) is 9.20. The Hall–Kier alpha value is -0.940. The third kappa shape index (κ3) is 5.49. The molecule has 0 aromatic heterocycles. The van der Waals surface area contributed by atoms with Gasteiger partial charge in [-0.25, -0.2) is 0 Å². The molecule has 1 aromatic rings. The second kappa shape index (κ2) is 7.36. The summed E-state index contributed by atoms with van der Waals surface area (Å²) in [6, 6.07) is 10.1. The molecule has 0 saturated carbocycles. The van der Waals surface area contributed by atoms with E-state index in [0.29, 0.717) is 20.4 Å². The lowest BCUT2D eigenvalue weighted by molar-refractivity contribution is -0.112. The Balaban J connectivity index is 2.34. The standard InChI is InChI=1S/C13H17OP/c1-2-3-5-8-12(14)11-15-13-9-6-4-7-10-13/h4,6-7,9-11H,2-3,5,8H2,1H3/p+1. The van der Waals surface area contributed by atoms with Gasteiger partial charge >= 0.3 is 0 Å². The van der Waals surface area contributed by atoms with E-state index in [-0.39, 0.29) is 0 Å². The maximum Gasteiger partial charge on any atom is 0.197 e. The van der Waals surface area contributed by atoms with E-state index < -0.39 is 0 Å². The van der Waals surface area contributed by atoms with Crippen LogP contribution in [0.3, 0.4) is 0 Å². The second-order valence-corrected chi connectivity index (χ2v) is 4.73. The first-order valence-electron chi connectivity index (χ1n) is 5.50. The van der Waals surface area contributed by atoms with Crippen molar-refractivity contribution in [1.82, 2.24) is 0 Å². The van der Waals surface area contributed by atoms with Crippen molar-refractivity contribution in [3.05, 3.63) is 30.3 Å². The van der Waals surface area contributed by atoms with Gasteiger partial charge in [-0.05, 0) is 18.6 Å². The summed E-state index contributed by atoms with van der Waals surface area (Å²) in [6.07, 6.45) is 4.08. The molecule has 0 fully saturated rings. The molecule has 0 aliphatic rings. The van der Waals surface area contributed by atoms with Crippen LogP contribution >= 0.6 is 8.20 Å². The zero-order chi connectivity index (χ0) is 10.9.